The molecule has 0 saturated heterocycles. The average Bonchev–Trinajstić information content (AvgIpc) is 2.39. The second-order valence-corrected chi connectivity index (χ2v) is 4.24. The first-order valence-corrected chi connectivity index (χ1v) is 6.05. The van der Waals surface area contributed by atoms with E-state index < -0.39 is 0 Å². The van der Waals surface area contributed by atoms with Gasteiger partial charge in [-0.2, -0.15) is 0 Å². The van der Waals surface area contributed by atoms with Gasteiger partial charge in [-0.05, 0) is 44.5 Å². The van der Waals surface area contributed by atoms with Gasteiger partial charge < -0.3 is 14.8 Å². The van der Waals surface area contributed by atoms with Crippen LogP contribution in [0.4, 0.5) is 0 Å². The molecule has 3 nitrogen and oxygen atoms in total. The van der Waals surface area contributed by atoms with Crippen LogP contribution >= 0.6 is 0 Å². The first-order valence-electron chi connectivity index (χ1n) is 6.05. The van der Waals surface area contributed by atoms with Crippen LogP contribution < -0.4 is 10.1 Å². The molecule has 1 N–H and O–H groups in total. The van der Waals surface area contributed by atoms with Crippen LogP contribution in [0, 0.1) is 0 Å². The molecule has 0 radical (unpaired) electrons. The summed E-state index contributed by atoms with van der Waals surface area (Å²) in [4.78, 5) is 0. The number of hydrogen-bond acceptors (Lipinski definition) is 3. The molecule has 0 saturated carbocycles. The Bertz CT molecular complexity index is 311. The molecule has 0 heterocycles. The molecule has 0 spiro atoms. The second-order valence-electron chi connectivity index (χ2n) is 4.24. The van der Waals surface area contributed by atoms with Crippen LogP contribution in [0.2, 0.25) is 0 Å². The lowest BCUT2D eigenvalue weighted by Gasteiger charge is -2.19. The molecular weight excluding hydrogens is 214 g/mol. The van der Waals surface area contributed by atoms with Crippen LogP contribution in [0.15, 0.2) is 24.3 Å². The molecule has 2 atom stereocenters. The molecule has 0 aliphatic rings. The van der Waals surface area contributed by atoms with E-state index in [-0.39, 0.29) is 0 Å². The van der Waals surface area contributed by atoms with Gasteiger partial charge in [-0.15, -0.1) is 0 Å². The Morgan fingerprint density at radius 3 is 2.24 bits per heavy atom. The molecule has 0 amide bonds. The first kappa shape index (κ1) is 14.0. The van der Waals surface area contributed by atoms with E-state index in [0.29, 0.717) is 12.1 Å². The molecule has 0 fully saturated rings. The van der Waals surface area contributed by atoms with Gasteiger partial charge in [-0.3, -0.25) is 0 Å². The topological polar surface area (TPSA) is 30.5 Å². The summed E-state index contributed by atoms with van der Waals surface area (Å²) in [6.07, 6.45) is 2.43. The van der Waals surface area contributed by atoms with Gasteiger partial charge in [0.25, 0.3) is 0 Å². The van der Waals surface area contributed by atoms with E-state index >= 15 is 0 Å². The second kappa shape index (κ2) is 7.30. The molecule has 1 aromatic carbocycles. The minimum Gasteiger partial charge on any atom is -0.497 e. The Labute approximate surface area is 104 Å². The zero-order valence-corrected chi connectivity index (χ0v) is 11.2. The van der Waals surface area contributed by atoms with Crippen LogP contribution in [0.25, 0.3) is 0 Å². The summed E-state index contributed by atoms with van der Waals surface area (Å²) in [6.45, 7) is 2.10. The van der Waals surface area contributed by atoms with Crippen LogP contribution in [0.5, 0.6) is 5.75 Å². The van der Waals surface area contributed by atoms with Gasteiger partial charge >= 0.3 is 0 Å². The van der Waals surface area contributed by atoms with Crippen molar-refractivity contribution in [3.8, 4) is 5.75 Å². The molecular formula is C14H23NO2. The quantitative estimate of drug-likeness (QED) is 0.791. The highest BCUT2D eigenvalue weighted by atomic mass is 16.5. The lowest BCUT2D eigenvalue weighted by Crippen LogP contribution is -2.18. The standard InChI is InChI=1S/C14H23NO2/c1-11(16-3)5-10-14(15-2)12-6-8-13(17-4)9-7-12/h6-9,11,14-15H,5,10H2,1-4H3. The fourth-order valence-electron chi connectivity index (χ4n) is 1.83. The van der Waals surface area contributed by atoms with Crippen molar-refractivity contribution < 1.29 is 9.47 Å². The highest BCUT2D eigenvalue weighted by Crippen LogP contribution is 2.22. The molecule has 2 unspecified atom stereocenters. The molecule has 17 heavy (non-hydrogen) atoms. The van der Waals surface area contributed by atoms with Crippen molar-refractivity contribution in [1.29, 1.82) is 0 Å². The number of nitrogens with one attached hydrogen (secondary N) is 1. The fourth-order valence-corrected chi connectivity index (χ4v) is 1.83. The molecule has 1 rings (SSSR count). The molecule has 3 heteroatoms. The van der Waals surface area contributed by atoms with E-state index in [1.165, 1.54) is 5.56 Å². The van der Waals surface area contributed by atoms with Gasteiger partial charge in [0.2, 0.25) is 0 Å². The maximum absolute atomic E-state index is 5.27. The normalized spacial score (nSPS) is 14.4. The lowest BCUT2D eigenvalue weighted by molar-refractivity contribution is 0.106. The monoisotopic (exact) mass is 237 g/mol. The van der Waals surface area contributed by atoms with Gasteiger partial charge in [-0.25, -0.2) is 0 Å². The SMILES string of the molecule is CNC(CCC(C)OC)c1ccc(OC)cc1. The largest absolute Gasteiger partial charge is 0.497 e. The summed E-state index contributed by atoms with van der Waals surface area (Å²) in [5.74, 6) is 0.897. The highest BCUT2D eigenvalue weighted by Gasteiger charge is 2.11. The van der Waals surface area contributed by atoms with Gasteiger partial charge in [0.15, 0.2) is 0 Å². The predicted molar refractivity (Wildman–Crippen MR) is 70.5 cm³/mol. The van der Waals surface area contributed by atoms with E-state index in [2.05, 4.69) is 24.4 Å². The molecule has 0 bridgehead atoms. The van der Waals surface area contributed by atoms with Crippen LogP contribution in [-0.2, 0) is 4.74 Å². The fraction of sp³-hybridized carbons (Fsp3) is 0.571. The molecule has 0 aliphatic heterocycles. The molecule has 96 valence electrons. The zero-order chi connectivity index (χ0) is 12.7. The Morgan fingerprint density at radius 1 is 1.12 bits per heavy atom. The Morgan fingerprint density at radius 2 is 1.76 bits per heavy atom. The van der Waals surface area contributed by atoms with E-state index in [9.17, 15) is 0 Å². The Balaban J connectivity index is 2.59. The number of benzene rings is 1. The summed E-state index contributed by atoms with van der Waals surface area (Å²) in [5, 5.41) is 3.34. The maximum Gasteiger partial charge on any atom is 0.118 e. The van der Waals surface area contributed by atoms with Crippen LogP contribution in [0.1, 0.15) is 31.4 Å². The zero-order valence-electron chi connectivity index (χ0n) is 11.2. The maximum atomic E-state index is 5.27. The third-order valence-electron chi connectivity index (χ3n) is 3.13. The van der Waals surface area contributed by atoms with Gasteiger partial charge in [0.05, 0.1) is 13.2 Å². The van der Waals surface area contributed by atoms with Gasteiger partial charge in [0.1, 0.15) is 5.75 Å². The van der Waals surface area contributed by atoms with E-state index in [0.717, 1.165) is 18.6 Å². The minimum absolute atomic E-state index is 0.309. The predicted octanol–water partition coefficient (Wildman–Crippen LogP) is 2.77. The van der Waals surface area contributed by atoms with E-state index in [1.807, 2.05) is 19.2 Å². The van der Waals surface area contributed by atoms with Crippen LogP contribution in [0.3, 0.4) is 0 Å². The third kappa shape index (κ3) is 4.36. The number of methoxy groups -OCH3 is 2. The van der Waals surface area contributed by atoms with Crippen molar-refractivity contribution in [2.45, 2.75) is 31.9 Å². The molecule has 0 aromatic heterocycles. The Kier molecular flexibility index (Phi) is 6.01. The number of hydrogen-bond donors (Lipinski definition) is 1. The Hall–Kier alpha value is -1.06. The van der Waals surface area contributed by atoms with E-state index in [4.69, 9.17) is 9.47 Å². The van der Waals surface area contributed by atoms with Crippen molar-refractivity contribution in [3.05, 3.63) is 29.8 Å². The molecule has 0 aliphatic carbocycles. The number of ether oxygens (including phenoxy) is 2. The highest BCUT2D eigenvalue weighted by molar-refractivity contribution is 5.29. The first-order chi connectivity index (χ1) is 8.21. The average molecular weight is 237 g/mol. The minimum atomic E-state index is 0.309. The van der Waals surface area contributed by atoms with Crippen molar-refractivity contribution in [1.82, 2.24) is 5.32 Å². The van der Waals surface area contributed by atoms with Gasteiger partial charge in [-0.1, -0.05) is 12.1 Å². The third-order valence-corrected chi connectivity index (χ3v) is 3.13. The van der Waals surface area contributed by atoms with Crippen molar-refractivity contribution >= 4 is 0 Å². The lowest BCUT2D eigenvalue weighted by atomic mass is 10.0. The summed E-state index contributed by atoms with van der Waals surface area (Å²) in [5.41, 5.74) is 1.29. The van der Waals surface area contributed by atoms with E-state index in [1.54, 1.807) is 14.2 Å². The summed E-state index contributed by atoms with van der Waals surface area (Å²) < 4.78 is 10.4. The summed E-state index contributed by atoms with van der Waals surface area (Å²) in [7, 11) is 5.43. The van der Waals surface area contributed by atoms with Crippen molar-refractivity contribution in [2.75, 3.05) is 21.3 Å². The van der Waals surface area contributed by atoms with Gasteiger partial charge in [0, 0.05) is 13.2 Å². The smallest absolute Gasteiger partial charge is 0.118 e. The van der Waals surface area contributed by atoms with Crippen molar-refractivity contribution in [2.24, 2.45) is 0 Å². The van der Waals surface area contributed by atoms with Crippen LogP contribution in [-0.4, -0.2) is 27.4 Å². The number of rotatable bonds is 7. The van der Waals surface area contributed by atoms with Crippen molar-refractivity contribution in [3.63, 3.8) is 0 Å². The summed E-state index contributed by atoms with van der Waals surface area (Å²) in [6, 6.07) is 8.59. The summed E-state index contributed by atoms with van der Waals surface area (Å²) >= 11 is 0. The molecule has 1 aromatic rings.